The van der Waals surface area contributed by atoms with Crippen LogP contribution < -0.4 is 16.0 Å². The SMILES string of the molecule is Cc1cncc2cccc(S(=O)(=O)N3CC[C@@H](NCCCNC(=O)Nc4ccccc4)C3)c12. The maximum atomic E-state index is 13.4. The number of fused-ring (bicyclic) bond motifs is 1. The van der Waals surface area contributed by atoms with E-state index in [1.807, 2.05) is 43.3 Å². The summed E-state index contributed by atoms with van der Waals surface area (Å²) in [7, 11) is -3.60. The van der Waals surface area contributed by atoms with Crippen LogP contribution in [0.5, 0.6) is 0 Å². The van der Waals surface area contributed by atoms with Gasteiger partial charge >= 0.3 is 6.03 Å². The Bertz CT molecular complexity index is 1210. The molecule has 0 spiro atoms. The molecule has 1 saturated heterocycles. The number of amides is 2. The van der Waals surface area contributed by atoms with Crippen LogP contribution in [0, 0.1) is 6.92 Å². The van der Waals surface area contributed by atoms with Crippen molar-refractivity contribution < 1.29 is 13.2 Å². The number of carbonyl (C=O) groups is 1. The number of sulfonamides is 1. The molecule has 2 aromatic carbocycles. The molecule has 4 rings (SSSR count). The Morgan fingerprint density at radius 1 is 1.09 bits per heavy atom. The average molecular weight is 468 g/mol. The molecule has 2 amide bonds. The van der Waals surface area contributed by atoms with Crippen LogP contribution >= 0.6 is 0 Å². The highest BCUT2D eigenvalue weighted by molar-refractivity contribution is 7.89. The number of benzene rings is 2. The molecule has 0 radical (unpaired) electrons. The van der Waals surface area contributed by atoms with Gasteiger partial charge in [0.2, 0.25) is 10.0 Å². The van der Waals surface area contributed by atoms with E-state index in [1.165, 1.54) is 0 Å². The molecule has 174 valence electrons. The number of anilines is 1. The molecule has 33 heavy (non-hydrogen) atoms. The van der Waals surface area contributed by atoms with Crippen LogP contribution in [0.4, 0.5) is 10.5 Å². The van der Waals surface area contributed by atoms with Crippen molar-refractivity contribution in [3.63, 3.8) is 0 Å². The van der Waals surface area contributed by atoms with Crippen molar-refractivity contribution in [3.05, 3.63) is 66.5 Å². The van der Waals surface area contributed by atoms with Crippen LogP contribution in [0.2, 0.25) is 0 Å². The molecule has 0 aliphatic carbocycles. The number of para-hydroxylation sites is 1. The first-order valence-corrected chi connectivity index (χ1v) is 12.6. The quantitative estimate of drug-likeness (QED) is 0.442. The Labute approximate surface area is 194 Å². The number of urea groups is 1. The van der Waals surface area contributed by atoms with Crippen molar-refractivity contribution in [3.8, 4) is 0 Å². The van der Waals surface area contributed by atoms with Gasteiger partial charge in [0, 0.05) is 54.5 Å². The maximum Gasteiger partial charge on any atom is 0.319 e. The number of aromatic nitrogens is 1. The minimum Gasteiger partial charge on any atom is -0.338 e. The molecule has 0 saturated carbocycles. The Morgan fingerprint density at radius 3 is 2.73 bits per heavy atom. The molecule has 1 aromatic heterocycles. The Hall–Kier alpha value is -3.01. The minimum absolute atomic E-state index is 0.0932. The Balaban J connectivity index is 1.26. The van der Waals surface area contributed by atoms with Crippen LogP contribution in [-0.2, 0) is 10.0 Å². The van der Waals surface area contributed by atoms with Crippen LogP contribution in [0.3, 0.4) is 0 Å². The molecule has 1 atom stereocenters. The second-order valence-electron chi connectivity index (χ2n) is 8.21. The number of hydrogen-bond acceptors (Lipinski definition) is 5. The zero-order valence-electron chi connectivity index (χ0n) is 18.6. The first-order chi connectivity index (χ1) is 15.9. The summed E-state index contributed by atoms with van der Waals surface area (Å²) in [5.74, 6) is 0. The summed E-state index contributed by atoms with van der Waals surface area (Å²) in [4.78, 5) is 16.4. The summed E-state index contributed by atoms with van der Waals surface area (Å²) in [6, 6.07) is 14.5. The van der Waals surface area contributed by atoms with E-state index >= 15 is 0 Å². The summed E-state index contributed by atoms with van der Waals surface area (Å²) in [6.45, 7) is 4.03. The lowest BCUT2D eigenvalue weighted by atomic mass is 10.1. The molecule has 9 heteroatoms. The summed E-state index contributed by atoms with van der Waals surface area (Å²) in [5.41, 5.74) is 1.60. The van der Waals surface area contributed by atoms with Crippen molar-refractivity contribution in [1.82, 2.24) is 19.9 Å². The zero-order chi connectivity index (χ0) is 23.3. The van der Waals surface area contributed by atoms with Crippen molar-refractivity contribution >= 4 is 32.5 Å². The highest BCUT2D eigenvalue weighted by Gasteiger charge is 2.33. The van der Waals surface area contributed by atoms with Crippen molar-refractivity contribution in [2.24, 2.45) is 0 Å². The first kappa shape index (κ1) is 23.2. The van der Waals surface area contributed by atoms with Gasteiger partial charge in [0.1, 0.15) is 0 Å². The molecule has 2 heterocycles. The van der Waals surface area contributed by atoms with Gasteiger partial charge in [0.15, 0.2) is 0 Å². The number of pyridine rings is 1. The fourth-order valence-corrected chi connectivity index (χ4v) is 5.92. The summed E-state index contributed by atoms with van der Waals surface area (Å²) in [5, 5.41) is 10.6. The number of rotatable bonds is 8. The van der Waals surface area contributed by atoms with Crippen LogP contribution in [0.15, 0.2) is 65.8 Å². The van der Waals surface area contributed by atoms with E-state index < -0.39 is 10.0 Å². The molecule has 0 unspecified atom stereocenters. The molecule has 1 aliphatic heterocycles. The number of aryl methyl sites for hydroxylation is 1. The maximum absolute atomic E-state index is 13.4. The molecular formula is C24H29N5O3S. The second-order valence-corrected chi connectivity index (χ2v) is 10.1. The van der Waals surface area contributed by atoms with E-state index in [4.69, 9.17) is 0 Å². The van der Waals surface area contributed by atoms with Gasteiger partial charge in [-0.25, -0.2) is 13.2 Å². The normalized spacial score (nSPS) is 16.7. The summed E-state index contributed by atoms with van der Waals surface area (Å²) < 4.78 is 28.3. The van der Waals surface area contributed by atoms with Crippen molar-refractivity contribution in [1.29, 1.82) is 0 Å². The minimum atomic E-state index is -3.60. The van der Waals surface area contributed by atoms with Crippen molar-refractivity contribution in [2.75, 3.05) is 31.5 Å². The van der Waals surface area contributed by atoms with Crippen LogP contribution in [-0.4, -0.2) is 56.0 Å². The van der Waals surface area contributed by atoms with Gasteiger partial charge in [-0.2, -0.15) is 4.31 Å². The van der Waals surface area contributed by atoms with E-state index in [2.05, 4.69) is 20.9 Å². The van der Waals surface area contributed by atoms with E-state index in [9.17, 15) is 13.2 Å². The molecule has 1 fully saturated rings. The third-order valence-electron chi connectivity index (χ3n) is 5.81. The number of nitrogens with zero attached hydrogens (tertiary/aromatic N) is 2. The van der Waals surface area contributed by atoms with Gasteiger partial charge in [0.05, 0.1) is 4.90 Å². The standard InChI is InChI=1S/C24H29N5O3S/c1-18-15-25-16-19-7-5-10-22(23(18)19)33(31,32)29-14-11-21(17-29)26-12-6-13-27-24(30)28-20-8-3-2-4-9-20/h2-5,7-10,15-16,21,26H,6,11-14,17H2,1H3,(H2,27,28,30)/t21-/m1/s1. The predicted molar refractivity (Wildman–Crippen MR) is 130 cm³/mol. The molecule has 1 aliphatic rings. The van der Waals surface area contributed by atoms with Crippen LogP contribution in [0.25, 0.3) is 10.8 Å². The van der Waals surface area contributed by atoms with Gasteiger partial charge in [-0.15, -0.1) is 0 Å². The first-order valence-electron chi connectivity index (χ1n) is 11.1. The lowest BCUT2D eigenvalue weighted by Gasteiger charge is -2.19. The van der Waals surface area contributed by atoms with Gasteiger partial charge in [0.25, 0.3) is 0 Å². The molecule has 3 aromatic rings. The van der Waals surface area contributed by atoms with Gasteiger partial charge in [-0.05, 0) is 50.1 Å². The zero-order valence-corrected chi connectivity index (χ0v) is 19.4. The number of carbonyl (C=O) groups excluding carboxylic acids is 1. The molecule has 0 bridgehead atoms. The average Bonchev–Trinajstić information content (AvgIpc) is 3.29. The van der Waals surface area contributed by atoms with E-state index in [1.54, 1.807) is 28.8 Å². The van der Waals surface area contributed by atoms with E-state index in [0.29, 0.717) is 31.1 Å². The number of hydrogen-bond donors (Lipinski definition) is 3. The molecular weight excluding hydrogens is 438 g/mol. The van der Waals surface area contributed by atoms with Gasteiger partial charge in [-0.3, -0.25) is 4.98 Å². The van der Waals surface area contributed by atoms with Crippen LogP contribution in [0.1, 0.15) is 18.4 Å². The smallest absolute Gasteiger partial charge is 0.319 e. The van der Waals surface area contributed by atoms with E-state index in [0.717, 1.165) is 34.9 Å². The molecule has 3 N–H and O–H groups in total. The second kappa shape index (κ2) is 10.3. The lowest BCUT2D eigenvalue weighted by molar-refractivity contribution is 0.252. The fraction of sp³-hybridized carbons (Fsp3) is 0.333. The highest BCUT2D eigenvalue weighted by Crippen LogP contribution is 2.29. The van der Waals surface area contributed by atoms with Crippen molar-refractivity contribution in [2.45, 2.75) is 30.7 Å². The largest absolute Gasteiger partial charge is 0.338 e. The van der Waals surface area contributed by atoms with Gasteiger partial charge in [-0.1, -0.05) is 30.3 Å². The highest BCUT2D eigenvalue weighted by atomic mass is 32.2. The molecule has 8 nitrogen and oxygen atoms in total. The topological polar surface area (TPSA) is 103 Å². The van der Waals surface area contributed by atoms with Gasteiger partial charge < -0.3 is 16.0 Å². The van der Waals surface area contributed by atoms with E-state index in [-0.39, 0.29) is 12.1 Å². The monoisotopic (exact) mass is 467 g/mol. The Morgan fingerprint density at radius 2 is 1.91 bits per heavy atom. The predicted octanol–water partition coefficient (Wildman–Crippen LogP) is 3.11. The summed E-state index contributed by atoms with van der Waals surface area (Å²) in [6.07, 6.45) is 4.90. The summed E-state index contributed by atoms with van der Waals surface area (Å²) >= 11 is 0. The third kappa shape index (κ3) is 5.50. The lowest BCUT2D eigenvalue weighted by Crippen LogP contribution is -2.37. The number of nitrogens with one attached hydrogen (secondary N) is 3. The third-order valence-corrected chi connectivity index (χ3v) is 7.71. The Kier molecular flexibility index (Phi) is 7.22. The fourth-order valence-electron chi connectivity index (χ4n) is 4.13.